The first-order chi connectivity index (χ1) is 13.0. The maximum absolute atomic E-state index is 12.5. The van der Waals surface area contributed by atoms with Crippen LogP contribution in [0.2, 0.25) is 5.02 Å². The van der Waals surface area contributed by atoms with Crippen molar-refractivity contribution in [1.29, 1.82) is 0 Å². The Hall–Kier alpha value is -2.73. The molecule has 142 valence electrons. The summed E-state index contributed by atoms with van der Waals surface area (Å²) in [5.41, 5.74) is 2.37. The molecular formula is C20H21ClN2O4. The molecule has 2 N–H and O–H groups in total. The minimum atomic E-state index is -0.171. The highest BCUT2D eigenvalue weighted by Crippen LogP contribution is 2.38. The van der Waals surface area contributed by atoms with E-state index in [1.165, 1.54) is 0 Å². The van der Waals surface area contributed by atoms with Gasteiger partial charge in [0.2, 0.25) is 11.8 Å². The molecule has 0 saturated carbocycles. The van der Waals surface area contributed by atoms with E-state index in [2.05, 4.69) is 5.32 Å². The molecule has 0 unspecified atom stereocenters. The fraction of sp³-hybridized carbons (Fsp3) is 0.300. The number of halogens is 1. The molecule has 0 aromatic heterocycles. The lowest BCUT2D eigenvalue weighted by Crippen LogP contribution is -2.33. The van der Waals surface area contributed by atoms with Gasteiger partial charge in [-0.3, -0.25) is 9.59 Å². The molecule has 0 spiro atoms. The predicted molar refractivity (Wildman–Crippen MR) is 103 cm³/mol. The Morgan fingerprint density at radius 2 is 2.04 bits per heavy atom. The van der Waals surface area contributed by atoms with Crippen molar-refractivity contribution in [3.05, 3.63) is 47.0 Å². The van der Waals surface area contributed by atoms with Gasteiger partial charge in [-0.2, -0.15) is 0 Å². The maximum atomic E-state index is 12.5. The van der Waals surface area contributed by atoms with Gasteiger partial charge >= 0.3 is 0 Å². The van der Waals surface area contributed by atoms with Crippen molar-refractivity contribution in [3.63, 3.8) is 0 Å². The molecule has 0 radical (unpaired) electrons. The predicted octanol–water partition coefficient (Wildman–Crippen LogP) is 2.96. The van der Waals surface area contributed by atoms with E-state index in [0.717, 1.165) is 16.7 Å². The molecule has 0 saturated heterocycles. The van der Waals surface area contributed by atoms with Crippen molar-refractivity contribution < 1.29 is 19.4 Å². The zero-order chi connectivity index (χ0) is 19.4. The Kier molecular flexibility index (Phi) is 5.86. The Bertz CT molecular complexity index is 869. The lowest BCUT2D eigenvalue weighted by molar-refractivity contribution is -0.134. The minimum absolute atomic E-state index is 0.0298. The highest BCUT2D eigenvalue weighted by atomic mass is 35.5. The summed E-state index contributed by atoms with van der Waals surface area (Å²) < 4.78 is 5.67. The lowest BCUT2D eigenvalue weighted by atomic mass is 10.0. The van der Waals surface area contributed by atoms with Gasteiger partial charge in [0, 0.05) is 37.0 Å². The summed E-state index contributed by atoms with van der Waals surface area (Å²) in [7, 11) is 1.54. The summed E-state index contributed by atoms with van der Waals surface area (Å²) >= 11 is 6.07. The summed E-state index contributed by atoms with van der Waals surface area (Å²) in [5, 5.41) is 13.5. The number of fused-ring (bicyclic) bond motifs is 1. The first kappa shape index (κ1) is 19.0. The van der Waals surface area contributed by atoms with Crippen LogP contribution in [0.3, 0.4) is 0 Å². The third-order valence-electron chi connectivity index (χ3n) is 4.47. The second-order valence-corrected chi connectivity index (χ2v) is 6.77. The van der Waals surface area contributed by atoms with E-state index in [-0.39, 0.29) is 37.0 Å². The average Bonchev–Trinajstić information content (AvgIpc) is 2.88. The van der Waals surface area contributed by atoms with E-state index >= 15 is 0 Å². The second-order valence-electron chi connectivity index (χ2n) is 6.33. The molecule has 0 aliphatic carbocycles. The molecule has 2 aromatic carbocycles. The van der Waals surface area contributed by atoms with E-state index in [0.29, 0.717) is 23.9 Å². The molecular weight excluding hydrogens is 368 g/mol. The lowest BCUT2D eigenvalue weighted by Gasteiger charge is -2.20. The van der Waals surface area contributed by atoms with Crippen LogP contribution in [0.5, 0.6) is 11.5 Å². The Morgan fingerprint density at radius 3 is 2.78 bits per heavy atom. The number of nitrogens with one attached hydrogen (secondary N) is 1. The van der Waals surface area contributed by atoms with Crippen LogP contribution in [0.4, 0.5) is 0 Å². The molecule has 0 fully saturated rings. The van der Waals surface area contributed by atoms with Gasteiger partial charge < -0.3 is 20.1 Å². The number of hydrogen-bond acceptors (Lipinski definition) is 4. The Labute approximate surface area is 162 Å². The number of nitrogens with zero attached hydrogens (tertiary/aromatic N) is 1. The summed E-state index contributed by atoms with van der Waals surface area (Å²) in [6.45, 7) is 0.986. The largest absolute Gasteiger partial charge is 0.504 e. The van der Waals surface area contributed by atoms with Crippen molar-refractivity contribution in [2.75, 3.05) is 20.2 Å². The third-order valence-corrected chi connectivity index (χ3v) is 4.71. The van der Waals surface area contributed by atoms with Crippen LogP contribution in [0.25, 0.3) is 11.1 Å². The molecule has 6 nitrogen and oxygen atoms in total. The molecule has 7 heteroatoms. The summed E-state index contributed by atoms with van der Waals surface area (Å²) in [5.74, 6) is 0.128. The van der Waals surface area contributed by atoms with Crippen LogP contribution in [0.1, 0.15) is 18.4 Å². The van der Waals surface area contributed by atoms with E-state index in [1.807, 2.05) is 24.3 Å². The number of carbonyl (C=O) groups excluding carboxylic acids is 2. The normalized spacial score (nSPS) is 13.3. The van der Waals surface area contributed by atoms with Crippen molar-refractivity contribution in [1.82, 2.24) is 10.2 Å². The number of rotatable bonds is 4. The highest BCUT2D eigenvalue weighted by molar-refractivity contribution is 6.30. The van der Waals surface area contributed by atoms with Crippen molar-refractivity contribution in [3.8, 4) is 22.6 Å². The number of carbonyl (C=O) groups is 2. The number of hydrogen-bond donors (Lipinski definition) is 2. The Balaban J connectivity index is 1.85. The molecule has 1 heterocycles. The smallest absolute Gasteiger partial charge is 0.223 e. The van der Waals surface area contributed by atoms with Crippen LogP contribution in [0, 0.1) is 0 Å². The van der Waals surface area contributed by atoms with Crippen molar-refractivity contribution in [2.24, 2.45) is 0 Å². The molecule has 3 rings (SSSR count). The van der Waals surface area contributed by atoms with Crippen LogP contribution in [-0.2, 0) is 16.1 Å². The first-order valence-electron chi connectivity index (χ1n) is 8.71. The average molecular weight is 389 g/mol. The van der Waals surface area contributed by atoms with Gasteiger partial charge in [-0.25, -0.2) is 0 Å². The van der Waals surface area contributed by atoms with Gasteiger partial charge in [0.05, 0.1) is 6.54 Å². The standard InChI is InChI=1S/C20H21ClN2O4/c1-22-18(25)5-6-19(26)23-7-8-27-20-15(12-23)9-14(11-17(20)24)13-3-2-4-16(21)10-13/h2-4,9-11,24H,5-8,12H2,1H3,(H,22,25). The molecule has 0 bridgehead atoms. The molecule has 0 atom stereocenters. The second kappa shape index (κ2) is 8.31. The zero-order valence-corrected chi connectivity index (χ0v) is 15.8. The molecule has 27 heavy (non-hydrogen) atoms. The van der Waals surface area contributed by atoms with Crippen molar-refractivity contribution in [2.45, 2.75) is 19.4 Å². The van der Waals surface area contributed by atoms with Crippen LogP contribution in [0.15, 0.2) is 36.4 Å². The minimum Gasteiger partial charge on any atom is -0.504 e. The van der Waals surface area contributed by atoms with E-state index in [1.54, 1.807) is 24.1 Å². The summed E-state index contributed by atoms with van der Waals surface area (Å²) in [6, 6.07) is 10.9. The molecule has 1 aliphatic rings. The molecule has 1 aliphatic heterocycles. The molecule has 2 amide bonds. The number of aromatic hydroxyl groups is 1. The van der Waals surface area contributed by atoms with Gasteiger partial charge in [-0.15, -0.1) is 0 Å². The third kappa shape index (κ3) is 4.52. The number of phenolic OH excluding ortho intramolecular Hbond substituents is 1. The monoisotopic (exact) mass is 388 g/mol. The quantitative estimate of drug-likeness (QED) is 0.844. The van der Waals surface area contributed by atoms with Crippen LogP contribution in [-0.4, -0.2) is 42.0 Å². The zero-order valence-electron chi connectivity index (χ0n) is 15.0. The Morgan fingerprint density at radius 1 is 1.22 bits per heavy atom. The topological polar surface area (TPSA) is 78.9 Å². The van der Waals surface area contributed by atoms with Crippen molar-refractivity contribution >= 4 is 23.4 Å². The maximum Gasteiger partial charge on any atom is 0.223 e. The van der Waals surface area contributed by atoms with Gasteiger partial charge in [-0.1, -0.05) is 23.7 Å². The van der Waals surface area contributed by atoms with Crippen LogP contribution < -0.4 is 10.1 Å². The summed E-state index contributed by atoms with van der Waals surface area (Å²) in [4.78, 5) is 25.5. The fourth-order valence-electron chi connectivity index (χ4n) is 3.05. The van der Waals surface area contributed by atoms with Crippen LogP contribution >= 0.6 is 11.6 Å². The van der Waals surface area contributed by atoms with Gasteiger partial charge in [0.1, 0.15) is 6.61 Å². The number of benzene rings is 2. The van der Waals surface area contributed by atoms with E-state index < -0.39 is 0 Å². The number of ether oxygens (including phenoxy) is 1. The van der Waals surface area contributed by atoms with Gasteiger partial charge in [-0.05, 0) is 35.4 Å². The highest BCUT2D eigenvalue weighted by Gasteiger charge is 2.23. The SMILES string of the molecule is CNC(=O)CCC(=O)N1CCOc2c(O)cc(-c3cccc(Cl)c3)cc2C1. The first-order valence-corrected chi connectivity index (χ1v) is 9.08. The molecule has 2 aromatic rings. The van der Waals surface area contributed by atoms with E-state index in [9.17, 15) is 14.7 Å². The van der Waals surface area contributed by atoms with E-state index in [4.69, 9.17) is 16.3 Å². The number of phenols is 1. The fourth-order valence-corrected chi connectivity index (χ4v) is 3.24. The van der Waals surface area contributed by atoms with Gasteiger partial charge in [0.15, 0.2) is 11.5 Å². The summed E-state index contributed by atoms with van der Waals surface area (Å²) in [6.07, 6.45) is 0.280. The number of amides is 2. The van der Waals surface area contributed by atoms with Gasteiger partial charge in [0.25, 0.3) is 0 Å².